The highest BCUT2D eigenvalue weighted by Gasteiger charge is 2.43. The summed E-state index contributed by atoms with van der Waals surface area (Å²) in [6, 6.07) is 31.4. The predicted octanol–water partition coefficient (Wildman–Crippen LogP) is 6.80. The average molecular weight is 480 g/mol. The van der Waals surface area contributed by atoms with Crippen LogP contribution in [0.4, 0.5) is 4.79 Å². The van der Waals surface area contributed by atoms with Crippen molar-refractivity contribution in [1.29, 1.82) is 0 Å². The largest absolute Gasteiger partial charge is 0.444 e. The first-order chi connectivity index (χ1) is 17.4. The molecular weight excluding hydrogens is 446 g/mol. The Morgan fingerprint density at radius 3 is 1.81 bits per heavy atom. The van der Waals surface area contributed by atoms with Gasteiger partial charge in [-0.25, -0.2) is 9.78 Å². The molecule has 0 unspecified atom stereocenters. The minimum Gasteiger partial charge on any atom is -0.444 e. The molecule has 0 radical (unpaired) electrons. The lowest BCUT2D eigenvalue weighted by atomic mass is 9.76. The van der Waals surface area contributed by atoms with Gasteiger partial charge in [0.05, 0.1) is 6.04 Å². The second-order valence-corrected chi connectivity index (χ2v) is 10.3. The fourth-order valence-electron chi connectivity index (χ4n) is 5.37. The Morgan fingerprint density at radius 1 is 0.833 bits per heavy atom. The van der Waals surface area contributed by atoms with Crippen molar-refractivity contribution in [2.75, 3.05) is 6.54 Å². The Morgan fingerprint density at radius 2 is 1.33 bits per heavy atom. The van der Waals surface area contributed by atoms with Crippen LogP contribution in [0.3, 0.4) is 0 Å². The molecular formula is C31H33N3O2. The van der Waals surface area contributed by atoms with Gasteiger partial charge in [-0.2, -0.15) is 0 Å². The number of nitrogens with zero attached hydrogens (tertiary/aromatic N) is 3. The van der Waals surface area contributed by atoms with E-state index in [0.717, 1.165) is 35.4 Å². The monoisotopic (exact) mass is 479 g/mol. The molecule has 184 valence electrons. The van der Waals surface area contributed by atoms with Crippen LogP contribution >= 0.6 is 0 Å². The fourth-order valence-corrected chi connectivity index (χ4v) is 5.37. The molecule has 1 amide bonds. The first kappa shape index (κ1) is 23.9. The zero-order chi connectivity index (χ0) is 25.2. The average Bonchev–Trinajstić information content (AvgIpc) is 3.56. The molecule has 0 bridgehead atoms. The van der Waals surface area contributed by atoms with E-state index in [2.05, 4.69) is 77.4 Å². The molecule has 1 saturated heterocycles. The number of imidazole rings is 1. The molecule has 0 saturated carbocycles. The molecule has 3 aromatic carbocycles. The number of hydrogen-bond donors (Lipinski definition) is 0. The van der Waals surface area contributed by atoms with Gasteiger partial charge >= 0.3 is 6.09 Å². The lowest BCUT2D eigenvalue weighted by Gasteiger charge is -2.40. The molecule has 1 atom stereocenters. The SMILES string of the molecule is CC(C)(C)OC(=O)N1CCC[C@H]1c1nccn1C(c1ccccc1)(c1ccccc1)c1ccccc1. The van der Waals surface area contributed by atoms with Gasteiger partial charge in [0.15, 0.2) is 0 Å². The van der Waals surface area contributed by atoms with Gasteiger partial charge in [0.25, 0.3) is 0 Å². The van der Waals surface area contributed by atoms with Crippen LogP contribution < -0.4 is 0 Å². The number of benzene rings is 3. The molecule has 5 heteroatoms. The molecule has 1 aliphatic heterocycles. The van der Waals surface area contributed by atoms with E-state index in [1.54, 1.807) is 0 Å². The van der Waals surface area contributed by atoms with Crippen molar-refractivity contribution in [3.63, 3.8) is 0 Å². The van der Waals surface area contributed by atoms with E-state index in [9.17, 15) is 4.79 Å². The number of amides is 1. The highest BCUT2D eigenvalue weighted by Crippen LogP contribution is 2.44. The van der Waals surface area contributed by atoms with Crippen molar-refractivity contribution >= 4 is 6.09 Å². The normalized spacial score (nSPS) is 16.2. The van der Waals surface area contributed by atoms with Crippen molar-refractivity contribution in [2.45, 2.75) is 50.8 Å². The van der Waals surface area contributed by atoms with Crippen molar-refractivity contribution in [3.05, 3.63) is 126 Å². The Hall–Kier alpha value is -3.86. The molecule has 1 aromatic heterocycles. The van der Waals surface area contributed by atoms with Crippen molar-refractivity contribution < 1.29 is 9.53 Å². The summed E-state index contributed by atoms with van der Waals surface area (Å²) in [5.74, 6) is 0.856. The van der Waals surface area contributed by atoms with E-state index < -0.39 is 11.1 Å². The molecule has 0 N–H and O–H groups in total. The number of hydrogen-bond acceptors (Lipinski definition) is 3. The fraction of sp³-hybridized carbons (Fsp3) is 0.290. The molecule has 1 fully saturated rings. The second-order valence-electron chi connectivity index (χ2n) is 10.3. The lowest BCUT2D eigenvalue weighted by molar-refractivity contribution is 0.0214. The lowest BCUT2D eigenvalue weighted by Crippen LogP contribution is -2.42. The zero-order valence-electron chi connectivity index (χ0n) is 21.2. The molecule has 5 rings (SSSR count). The van der Waals surface area contributed by atoms with Gasteiger partial charge in [-0.05, 0) is 50.3 Å². The maximum Gasteiger partial charge on any atom is 0.410 e. The van der Waals surface area contributed by atoms with Crippen LogP contribution in [-0.2, 0) is 10.3 Å². The predicted molar refractivity (Wildman–Crippen MR) is 142 cm³/mol. The first-order valence-electron chi connectivity index (χ1n) is 12.6. The molecule has 2 heterocycles. The summed E-state index contributed by atoms with van der Waals surface area (Å²) in [4.78, 5) is 19.9. The zero-order valence-corrected chi connectivity index (χ0v) is 21.2. The number of ether oxygens (including phenoxy) is 1. The summed E-state index contributed by atoms with van der Waals surface area (Å²) in [5, 5.41) is 0. The second kappa shape index (κ2) is 9.65. The van der Waals surface area contributed by atoms with Gasteiger partial charge in [0.1, 0.15) is 17.0 Å². The minimum atomic E-state index is -0.669. The number of likely N-dealkylation sites (tertiary alicyclic amines) is 1. The van der Waals surface area contributed by atoms with Gasteiger partial charge in [0.2, 0.25) is 0 Å². The molecule has 0 aliphatic carbocycles. The van der Waals surface area contributed by atoms with E-state index in [1.807, 2.05) is 56.3 Å². The van der Waals surface area contributed by atoms with E-state index in [-0.39, 0.29) is 12.1 Å². The Balaban J connectivity index is 1.73. The summed E-state index contributed by atoms with van der Waals surface area (Å²) in [5.41, 5.74) is 2.16. The number of carbonyl (C=O) groups is 1. The summed E-state index contributed by atoms with van der Waals surface area (Å²) in [6.45, 7) is 6.37. The van der Waals surface area contributed by atoms with Crippen LogP contribution in [0.5, 0.6) is 0 Å². The maximum atomic E-state index is 13.2. The van der Waals surface area contributed by atoms with Crippen molar-refractivity contribution in [1.82, 2.24) is 14.5 Å². The topological polar surface area (TPSA) is 47.4 Å². The standard InChI is InChI=1S/C31H33N3O2/c1-30(2,3)36-29(35)33-22-13-20-27(33)28-32-21-23-34(28)31(24-14-7-4-8-15-24,25-16-9-5-10-17-25)26-18-11-6-12-19-26/h4-12,14-19,21,23,27H,13,20,22H2,1-3H3/t27-/m0/s1. The highest BCUT2D eigenvalue weighted by atomic mass is 16.6. The Kier molecular flexibility index (Phi) is 6.40. The molecule has 36 heavy (non-hydrogen) atoms. The quantitative estimate of drug-likeness (QED) is 0.296. The number of rotatable bonds is 5. The molecule has 0 spiro atoms. The van der Waals surface area contributed by atoms with Gasteiger partial charge in [-0.15, -0.1) is 0 Å². The summed E-state index contributed by atoms with van der Waals surface area (Å²) in [7, 11) is 0. The molecule has 4 aromatic rings. The Labute approximate surface area is 213 Å². The van der Waals surface area contributed by atoms with Gasteiger partial charge in [-0.1, -0.05) is 91.0 Å². The van der Waals surface area contributed by atoms with E-state index in [0.29, 0.717) is 6.54 Å². The number of carbonyl (C=O) groups excluding carboxylic acids is 1. The number of aromatic nitrogens is 2. The third kappa shape index (κ3) is 4.30. The van der Waals surface area contributed by atoms with E-state index in [1.165, 1.54) is 0 Å². The van der Waals surface area contributed by atoms with Crippen LogP contribution in [0.2, 0.25) is 0 Å². The van der Waals surface area contributed by atoms with Crippen LogP contribution in [0.1, 0.15) is 62.2 Å². The van der Waals surface area contributed by atoms with E-state index >= 15 is 0 Å². The molecule has 5 nitrogen and oxygen atoms in total. The van der Waals surface area contributed by atoms with Gasteiger partial charge in [0, 0.05) is 18.9 Å². The Bertz CT molecular complexity index is 1200. The van der Waals surface area contributed by atoms with Gasteiger partial charge < -0.3 is 9.30 Å². The van der Waals surface area contributed by atoms with E-state index in [4.69, 9.17) is 9.72 Å². The van der Waals surface area contributed by atoms with Crippen molar-refractivity contribution in [3.8, 4) is 0 Å². The van der Waals surface area contributed by atoms with Gasteiger partial charge in [-0.3, -0.25) is 4.90 Å². The third-order valence-electron chi connectivity index (χ3n) is 6.78. The summed E-state index contributed by atoms with van der Waals surface area (Å²) in [6.07, 6.45) is 5.36. The smallest absolute Gasteiger partial charge is 0.410 e. The summed E-state index contributed by atoms with van der Waals surface area (Å²) < 4.78 is 8.04. The van der Waals surface area contributed by atoms with Crippen LogP contribution in [0.15, 0.2) is 103 Å². The first-order valence-corrected chi connectivity index (χ1v) is 12.6. The molecule has 1 aliphatic rings. The third-order valence-corrected chi connectivity index (χ3v) is 6.78. The summed E-state index contributed by atoms with van der Waals surface area (Å²) >= 11 is 0. The van der Waals surface area contributed by atoms with Crippen LogP contribution in [-0.4, -0.2) is 32.7 Å². The van der Waals surface area contributed by atoms with Crippen LogP contribution in [0.25, 0.3) is 0 Å². The van der Waals surface area contributed by atoms with Crippen molar-refractivity contribution in [2.24, 2.45) is 0 Å². The maximum absolute atomic E-state index is 13.2. The highest BCUT2D eigenvalue weighted by molar-refractivity contribution is 5.69. The van der Waals surface area contributed by atoms with Crippen LogP contribution in [0, 0.1) is 0 Å². The minimum absolute atomic E-state index is 0.176.